The number of carbonyl (C=O) groups excluding carboxylic acids is 1. The van der Waals surface area contributed by atoms with Crippen LogP contribution < -0.4 is 10.1 Å². The first-order valence-electron chi connectivity index (χ1n) is 10.0. The molecule has 2 N–H and O–H groups in total. The fourth-order valence-corrected chi connectivity index (χ4v) is 3.40. The zero-order valence-electron chi connectivity index (χ0n) is 17.2. The molecule has 156 valence electrons. The summed E-state index contributed by atoms with van der Waals surface area (Å²) in [6, 6.07) is 14.9. The van der Waals surface area contributed by atoms with E-state index in [2.05, 4.69) is 30.8 Å². The van der Waals surface area contributed by atoms with Crippen LogP contribution in [0.4, 0.5) is 5.69 Å². The third kappa shape index (κ3) is 3.77. The van der Waals surface area contributed by atoms with Crippen molar-refractivity contribution in [1.29, 1.82) is 0 Å². The molecule has 0 radical (unpaired) electrons. The van der Waals surface area contributed by atoms with Crippen LogP contribution in [-0.2, 0) is 0 Å². The van der Waals surface area contributed by atoms with Crippen LogP contribution in [0.15, 0.2) is 48.5 Å². The van der Waals surface area contributed by atoms with Crippen LogP contribution >= 0.6 is 0 Å². The van der Waals surface area contributed by atoms with Gasteiger partial charge >= 0.3 is 0 Å². The van der Waals surface area contributed by atoms with Crippen molar-refractivity contribution in [3.63, 3.8) is 0 Å². The van der Waals surface area contributed by atoms with E-state index >= 15 is 0 Å². The van der Waals surface area contributed by atoms with Crippen molar-refractivity contribution in [2.45, 2.75) is 25.7 Å². The zero-order valence-corrected chi connectivity index (χ0v) is 17.2. The molecule has 31 heavy (non-hydrogen) atoms. The molecule has 1 saturated carbocycles. The Kier molecular flexibility index (Phi) is 4.70. The van der Waals surface area contributed by atoms with Gasteiger partial charge in [0.25, 0.3) is 5.91 Å². The second kappa shape index (κ2) is 7.67. The number of H-pyrrole nitrogens is 1. The molecule has 1 aliphatic carbocycles. The van der Waals surface area contributed by atoms with E-state index in [4.69, 9.17) is 4.74 Å². The number of methoxy groups -OCH3 is 1. The van der Waals surface area contributed by atoms with Crippen molar-refractivity contribution in [1.82, 2.24) is 30.2 Å². The number of aromatic nitrogens is 6. The van der Waals surface area contributed by atoms with E-state index in [-0.39, 0.29) is 11.6 Å². The second-order valence-corrected chi connectivity index (χ2v) is 7.49. The topological polar surface area (TPSA) is 111 Å². The maximum absolute atomic E-state index is 12.9. The first-order chi connectivity index (χ1) is 15.1. The number of carbonyl (C=O) groups is 1. The predicted molar refractivity (Wildman–Crippen MR) is 114 cm³/mol. The Labute approximate surface area is 178 Å². The summed E-state index contributed by atoms with van der Waals surface area (Å²) in [5.41, 5.74) is 3.11. The number of ether oxygens (including phenoxy) is 1. The summed E-state index contributed by atoms with van der Waals surface area (Å²) in [4.78, 5) is 17.4. The SMILES string of the molecule is COc1cccc(-n2nnc(C(=O)Nc3cccc(-c4n[nH]c(C5CC5)n4)c3)c2C)c1. The van der Waals surface area contributed by atoms with Crippen molar-refractivity contribution in [2.75, 3.05) is 12.4 Å². The fraction of sp³-hybridized carbons (Fsp3) is 0.227. The highest BCUT2D eigenvalue weighted by Gasteiger charge is 2.27. The number of aromatic amines is 1. The number of anilines is 1. The maximum Gasteiger partial charge on any atom is 0.278 e. The van der Waals surface area contributed by atoms with Crippen LogP contribution in [0.2, 0.25) is 0 Å². The Morgan fingerprint density at radius 2 is 2.03 bits per heavy atom. The van der Waals surface area contributed by atoms with E-state index in [0.717, 1.165) is 29.9 Å². The summed E-state index contributed by atoms with van der Waals surface area (Å²) in [5.74, 6) is 2.41. The van der Waals surface area contributed by atoms with Crippen molar-refractivity contribution in [3.8, 4) is 22.8 Å². The van der Waals surface area contributed by atoms with E-state index in [9.17, 15) is 4.79 Å². The van der Waals surface area contributed by atoms with Crippen molar-refractivity contribution in [3.05, 3.63) is 65.7 Å². The number of hydrogen-bond acceptors (Lipinski definition) is 6. The highest BCUT2D eigenvalue weighted by molar-refractivity contribution is 6.03. The number of nitrogens with one attached hydrogen (secondary N) is 2. The standard InChI is InChI=1S/C22H21N7O2/c1-13-19(25-28-29(13)17-7-4-8-18(12-17)31-2)22(30)23-16-6-3-5-15(11-16)21-24-20(26-27-21)14-9-10-14/h3-8,11-12,14H,9-10H2,1-2H3,(H,23,30)(H,24,26,27). The maximum atomic E-state index is 12.9. The molecular weight excluding hydrogens is 394 g/mol. The Morgan fingerprint density at radius 3 is 2.84 bits per heavy atom. The minimum absolute atomic E-state index is 0.252. The smallest absolute Gasteiger partial charge is 0.278 e. The van der Waals surface area contributed by atoms with Crippen LogP contribution in [0.5, 0.6) is 5.75 Å². The van der Waals surface area contributed by atoms with E-state index in [1.807, 2.05) is 48.5 Å². The largest absolute Gasteiger partial charge is 0.497 e. The lowest BCUT2D eigenvalue weighted by atomic mass is 10.2. The molecule has 5 rings (SSSR count). The molecule has 9 heteroatoms. The fourth-order valence-electron chi connectivity index (χ4n) is 3.40. The van der Waals surface area contributed by atoms with Gasteiger partial charge in [-0.05, 0) is 44.0 Å². The van der Waals surface area contributed by atoms with Gasteiger partial charge in [-0.25, -0.2) is 9.67 Å². The van der Waals surface area contributed by atoms with Gasteiger partial charge in [0.15, 0.2) is 11.5 Å². The number of benzene rings is 2. The monoisotopic (exact) mass is 415 g/mol. The van der Waals surface area contributed by atoms with Gasteiger partial charge in [0.1, 0.15) is 11.6 Å². The lowest BCUT2D eigenvalue weighted by Crippen LogP contribution is -2.14. The lowest BCUT2D eigenvalue weighted by Gasteiger charge is -2.07. The highest BCUT2D eigenvalue weighted by atomic mass is 16.5. The summed E-state index contributed by atoms with van der Waals surface area (Å²) in [6.07, 6.45) is 2.31. The molecule has 2 aromatic heterocycles. The molecule has 0 bridgehead atoms. The minimum atomic E-state index is -0.336. The Hall–Kier alpha value is -4.01. The van der Waals surface area contributed by atoms with Crippen LogP contribution in [0, 0.1) is 6.92 Å². The Morgan fingerprint density at radius 1 is 1.19 bits per heavy atom. The average molecular weight is 415 g/mol. The van der Waals surface area contributed by atoms with E-state index < -0.39 is 0 Å². The predicted octanol–water partition coefficient (Wildman–Crippen LogP) is 3.50. The van der Waals surface area contributed by atoms with Gasteiger partial charge in [0, 0.05) is 23.2 Å². The summed E-state index contributed by atoms with van der Waals surface area (Å²) in [7, 11) is 1.60. The molecule has 4 aromatic rings. The van der Waals surface area contributed by atoms with Gasteiger partial charge in [-0.3, -0.25) is 9.89 Å². The summed E-state index contributed by atoms with van der Waals surface area (Å²) in [5, 5.41) is 18.4. The van der Waals surface area contributed by atoms with Gasteiger partial charge < -0.3 is 10.1 Å². The first kappa shape index (κ1) is 19.0. The molecule has 0 aliphatic heterocycles. The van der Waals surface area contributed by atoms with Gasteiger partial charge in [-0.2, -0.15) is 5.10 Å². The van der Waals surface area contributed by atoms with Crippen molar-refractivity contribution < 1.29 is 9.53 Å². The molecule has 0 saturated heterocycles. The average Bonchev–Trinajstić information content (AvgIpc) is 3.39. The van der Waals surface area contributed by atoms with Gasteiger partial charge in [0.2, 0.25) is 0 Å². The van der Waals surface area contributed by atoms with E-state index in [1.165, 1.54) is 0 Å². The van der Waals surface area contributed by atoms with Crippen LogP contribution in [0.25, 0.3) is 17.1 Å². The molecule has 1 fully saturated rings. The number of rotatable bonds is 6. The third-order valence-electron chi connectivity index (χ3n) is 5.25. The van der Waals surface area contributed by atoms with Gasteiger partial charge in [-0.1, -0.05) is 23.4 Å². The third-order valence-corrected chi connectivity index (χ3v) is 5.25. The second-order valence-electron chi connectivity index (χ2n) is 7.49. The van der Waals surface area contributed by atoms with Crippen LogP contribution in [-0.4, -0.2) is 43.2 Å². The molecular formula is C22H21N7O2. The van der Waals surface area contributed by atoms with Crippen LogP contribution in [0.1, 0.15) is 40.8 Å². The molecule has 9 nitrogen and oxygen atoms in total. The summed E-state index contributed by atoms with van der Waals surface area (Å²) >= 11 is 0. The van der Waals surface area contributed by atoms with Crippen molar-refractivity contribution in [2.24, 2.45) is 0 Å². The quantitative estimate of drug-likeness (QED) is 0.499. The summed E-state index contributed by atoms with van der Waals surface area (Å²) in [6.45, 7) is 1.80. The lowest BCUT2D eigenvalue weighted by molar-refractivity contribution is 0.102. The van der Waals surface area contributed by atoms with E-state index in [0.29, 0.717) is 28.9 Å². The minimum Gasteiger partial charge on any atom is -0.497 e. The zero-order chi connectivity index (χ0) is 21.4. The normalized spacial score (nSPS) is 13.2. The van der Waals surface area contributed by atoms with E-state index in [1.54, 1.807) is 18.7 Å². The van der Waals surface area contributed by atoms with Crippen molar-refractivity contribution >= 4 is 11.6 Å². The highest BCUT2D eigenvalue weighted by Crippen LogP contribution is 2.38. The molecule has 0 spiro atoms. The Balaban J connectivity index is 1.36. The molecule has 2 aromatic carbocycles. The van der Waals surface area contributed by atoms with Gasteiger partial charge in [0.05, 0.1) is 18.5 Å². The molecule has 2 heterocycles. The number of amides is 1. The molecule has 1 amide bonds. The van der Waals surface area contributed by atoms with Gasteiger partial charge in [-0.15, -0.1) is 5.10 Å². The Bertz CT molecular complexity index is 1260. The molecule has 0 unspecified atom stereocenters. The first-order valence-corrected chi connectivity index (χ1v) is 10.0. The molecule has 0 atom stereocenters. The molecule has 1 aliphatic rings. The number of nitrogens with zero attached hydrogens (tertiary/aromatic N) is 5. The summed E-state index contributed by atoms with van der Waals surface area (Å²) < 4.78 is 6.87. The van der Waals surface area contributed by atoms with Crippen LogP contribution in [0.3, 0.4) is 0 Å². The number of hydrogen-bond donors (Lipinski definition) is 2.